The maximum absolute atomic E-state index is 2.75. The quantitative estimate of drug-likeness (QED) is 0.608. The second-order valence-corrected chi connectivity index (χ2v) is 5.56. The second-order valence-electron chi connectivity index (χ2n) is 5.56. The predicted molar refractivity (Wildman–Crippen MR) is 58.8 cm³/mol. The molecule has 2 saturated carbocycles. The standard InChI is InChI=1S/C10H18.C2H7N/c1-9(2)8-4-6-10(9,3)7-5-8;1-3-2/h8H,4-7H2,1-3H3;3H,1-2H3. The van der Waals surface area contributed by atoms with Gasteiger partial charge in [-0.2, -0.15) is 0 Å². The molecule has 2 fully saturated rings. The van der Waals surface area contributed by atoms with Crippen molar-refractivity contribution < 1.29 is 0 Å². The highest BCUT2D eigenvalue weighted by molar-refractivity contribution is 5.05. The minimum atomic E-state index is 0.660. The van der Waals surface area contributed by atoms with Crippen LogP contribution in [-0.2, 0) is 0 Å². The Morgan fingerprint density at radius 3 is 1.46 bits per heavy atom. The molecule has 2 aliphatic carbocycles. The van der Waals surface area contributed by atoms with Gasteiger partial charge >= 0.3 is 0 Å². The Morgan fingerprint density at radius 2 is 1.38 bits per heavy atom. The zero-order valence-corrected chi connectivity index (χ0v) is 9.91. The van der Waals surface area contributed by atoms with E-state index in [9.17, 15) is 0 Å². The average Bonchev–Trinajstić information content (AvgIpc) is 2.38. The molecule has 2 aliphatic rings. The monoisotopic (exact) mass is 183 g/mol. The molecule has 0 atom stereocenters. The first-order valence-corrected chi connectivity index (χ1v) is 5.56. The van der Waals surface area contributed by atoms with Crippen LogP contribution in [0.3, 0.4) is 0 Å². The van der Waals surface area contributed by atoms with Crippen LogP contribution in [0.15, 0.2) is 0 Å². The number of fused-ring (bicyclic) bond motifs is 2. The van der Waals surface area contributed by atoms with Crippen LogP contribution < -0.4 is 5.32 Å². The minimum Gasteiger partial charge on any atom is -0.323 e. The minimum absolute atomic E-state index is 0.660. The molecule has 1 nitrogen and oxygen atoms in total. The van der Waals surface area contributed by atoms with E-state index < -0.39 is 0 Å². The molecule has 2 bridgehead atoms. The van der Waals surface area contributed by atoms with Gasteiger partial charge in [0.05, 0.1) is 0 Å². The largest absolute Gasteiger partial charge is 0.323 e. The van der Waals surface area contributed by atoms with Crippen molar-refractivity contribution in [2.45, 2.75) is 46.5 Å². The van der Waals surface area contributed by atoms with Crippen molar-refractivity contribution in [2.75, 3.05) is 14.1 Å². The van der Waals surface area contributed by atoms with Crippen LogP contribution in [0.1, 0.15) is 46.5 Å². The lowest BCUT2D eigenvalue weighted by atomic mass is 9.71. The summed E-state index contributed by atoms with van der Waals surface area (Å²) in [6, 6.07) is 0. The third-order valence-corrected chi connectivity index (χ3v) is 4.67. The Balaban J connectivity index is 0.000000251. The van der Waals surface area contributed by atoms with Gasteiger partial charge < -0.3 is 5.32 Å². The Hall–Kier alpha value is -0.0400. The molecule has 0 saturated heterocycles. The van der Waals surface area contributed by atoms with Crippen molar-refractivity contribution in [1.82, 2.24) is 5.32 Å². The number of hydrogen-bond donors (Lipinski definition) is 1. The Kier molecular flexibility index (Phi) is 3.06. The summed E-state index contributed by atoms with van der Waals surface area (Å²) in [5.74, 6) is 1.05. The van der Waals surface area contributed by atoms with E-state index in [1.807, 2.05) is 14.1 Å². The molecule has 0 heterocycles. The van der Waals surface area contributed by atoms with Crippen molar-refractivity contribution in [3.8, 4) is 0 Å². The Bertz CT molecular complexity index is 161. The van der Waals surface area contributed by atoms with Gasteiger partial charge in [0.2, 0.25) is 0 Å². The lowest BCUT2D eigenvalue weighted by molar-refractivity contribution is 0.152. The van der Waals surface area contributed by atoms with Gasteiger partial charge in [-0.3, -0.25) is 0 Å². The van der Waals surface area contributed by atoms with Gasteiger partial charge in [0.25, 0.3) is 0 Å². The van der Waals surface area contributed by atoms with Crippen LogP contribution >= 0.6 is 0 Å². The average molecular weight is 183 g/mol. The van der Waals surface area contributed by atoms with Gasteiger partial charge in [0.15, 0.2) is 0 Å². The summed E-state index contributed by atoms with van der Waals surface area (Å²) in [6.07, 6.45) is 5.99. The van der Waals surface area contributed by atoms with E-state index in [0.717, 1.165) is 5.92 Å². The van der Waals surface area contributed by atoms with E-state index in [2.05, 4.69) is 26.1 Å². The molecule has 1 heteroatoms. The predicted octanol–water partition coefficient (Wildman–Crippen LogP) is 3.06. The molecule has 0 aliphatic heterocycles. The molecule has 0 aromatic rings. The molecule has 0 aromatic carbocycles. The molecule has 0 spiro atoms. The lowest BCUT2D eigenvalue weighted by Gasteiger charge is -2.34. The molecule has 2 rings (SSSR count). The molecule has 78 valence electrons. The van der Waals surface area contributed by atoms with Crippen molar-refractivity contribution in [3.05, 3.63) is 0 Å². The summed E-state index contributed by atoms with van der Waals surface area (Å²) in [7, 11) is 3.75. The third-order valence-electron chi connectivity index (χ3n) is 4.67. The van der Waals surface area contributed by atoms with Crippen molar-refractivity contribution in [1.29, 1.82) is 0 Å². The first-order valence-electron chi connectivity index (χ1n) is 5.56. The SMILES string of the molecule is CC12CCC(CC1)C2(C)C.CNC. The zero-order chi connectivity index (χ0) is 10.1. The molecule has 1 N–H and O–H groups in total. The smallest absolute Gasteiger partial charge is 0.0167 e. The van der Waals surface area contributed by atoms with E-state index in [1.54, 1.807) is 0 Å². The normalized spacial score (nSPS) is 39.9. The van der Waals surface area contributed by atoms with E-state index >= 15 is 0 Å². The molecule has 13 heavy (non-hydrogen) atoms. The van der Waals surface area contributed by atoms with E-state index in [1.165, 1.54) is 25.7 Å². The molecule has 0 radical (unpaired) electrons. The summed E-state index contributed by atoms with van der Waals surface area (Å²) in [5.41, 5.74) is 1.37. The first-order chi connectivity index (χ1) is 5.98. The Labute approximate surface area is 83.3 Å². The highest BCUT2D eigenvalue weighted by atomic mass is 14.7. The van der Waals surface area contributed by atoms with Gasteiger partial charge in [-0.25, -0.2) is 0 Å². The first kappa shape index (κ1) is 11.0. The zero-order valence-electron chi connectivity index (χ0n) is 9.91. The fraction of sp³-hybridized carbons (Fsp3) is 1.00. The van der Waals surface area contributed by atoms with E-state index in [-0.39, 0.29) is 0 Å². The molecule has 0 amide bonds. The van der Waals surface area contributed by atoms with Crippen molar-refractivity contribution in [3.63, 3.8) is 0 Å². The lowest BCUT2D eigenvalue weighted by Crippen LogP contribution is -2.26. The number of nitrogens with one attached hydrogen (secondary N) is 1. The van der Waals surface area contributed by atoms with Crippen LogP contribution in [0.25, 0.3) is 0 Å². The summed E-state index contributed by atoms with van der Waals surface area (Å²) in [5, 5.41) is 2.75. The highest BCUT2D eigenvalue weighted by Gasteiger charge is 2.55. The topological polar surface area (TPSA) is 12.0 Å². The highest BCUT2D eigenvalue weighted by Crippen LogP contribution is 2.65. The molecule has 0 unspecified atom stereocenters. The van der Waals surface area contributed by atoms with Gasteiger partial charge in [0.1, 0.15) is 0 Å². The van der Waals surface area contributed by atoms with Gasteiger partial charge in [-0.05, 0) is 56.5 Å². The van der Waals surface area contributed by atoms with E-state index in [4.69, 9.17) is 0 Å². The second kappa shape index (κ2) is 3.61. The summed E-state index contributed by atoms with van der Waals surface area (Å²) >= 11 is 0. The summed E-state index contributed by atoms with van der Waals surface area (Å²) < 4.78 is 0. The Morgan fingerprint density at radius 1 is 1.00 bits per heavy atom. The molecule has 0 aromatic heterocycles. The molecular formula is C12H25N. The van der Waals surface area contributed by atoms with Gasteiger partial charge in [-0.1, -0.05) is 20.8 Å². The van der Waals surface area contributed by atoms with E-state index in [0.29, 0.717) is 10.8 Å². The van der Waals surface area contributed by atoms with Gasteiger partial charge in [-0.15, -0.1) is 0 Å². The maximum Gasteiger partial charge on any atom is -0.0167 e. The fourth-order valence-corrected chi connectivity index (χ4v) is 3.11. The fourth-order valence-electron chi connectivity index (χ4n) is 3.11. The number of hydrogen-bond acceptors (Lipinski definition) is 1. The van der Waals surface area contributed by atoms with Crippen LogP contribution in [-0.4, -0.2) is 14.1 Å². The van der Waals surface area contributed by atoms with Crippen molar-refractivity contribution >= 4 is 0 Å². The van der Waals surface area contributed by atoms with Gasteiger partial charge in [0, 0.05) is 0 Å². The summed E-state index contributed by atoms with van der Waals surface area (Å²) in [4.78, 5) is 0. The van der Waals surface area contributed by atoms with Crippen molar-refractivity contribution in [2.24, 2.45) is 16.7 Å². The number of rotatable bonds is 0. The molecular weight excluding hydrogens is 158 g/mol. The van der Waals surface area contributed by atoms with Crippen LogP contribution in [0, 0.1) is 16.7 Å². The van der Waals surface area contributed by atoms with Crippen LogP contribution in [0.5, 0.6) is 0 Å². The summed E-state index contributed by atoms with van der Waals surface area (Å²) in [6.45, 7) is 7.43. The van der Waals surface area contributed by atoms with Crippen LogP contribution in [0.2, 0.25) is 0 Å². The van der Waals surface area contributed by atoms with Crippen LogP contribution in [0.4, 0.5) is 0 Å². The third kappa shape index (κ3) is 1.63. The maximum atomic E-state index is 2.75.